The van der Waals surface area contributed by atoms with E-state index in [0.717, 1.165) is 35.1 Å². The molecular weight excluding hydrogens is 435 g/mol. The number of carbonyl (C=O) groups excluding carboxylic acids is 3. The minimum absolute atomic E-state index is 0.0307. The highest BCUT2D eigenvalue weighted by atomic mass is 16.6. The number of nitrogens with zero attached hydrogens (tertiary/aromatic N) is 1. The van der Waals surface area contributed by atoms with E-state index in [-0.39, 0.29) is 25.6 Å². The molecule has 0 bridgehead atoms. The molecule has 2 aliphatic rings. The lowest BCUT2D eigenvalue weighted by atomic mass is 9.75. The summed E-state index contributed by atoms with van der Waals surface area (Å²) in [4.78, 5) is 38.6. The Hall–Kier alpha value is -3.33. The van der Waals surface area contributed by atoms with Crippen LogP contribution in [0.2, 0.25) is 0 Å². The van der Waals surface area contributed by atoms with Crippen LogP contribution in [0.1, 0.15) is 43.2 Å². The molecule has 1 amide bonds. The minimum atomic E-state index is -1.19. The molecule has 1 atom stereocenters. The number of amides is 1. The van der Waals surface area contributed by atoms with Crippen molar-refractivity contribution < 1.29 is 28.4 Å². The normalized spacial score (nSPS) is 17.1. The van der Waals surface area contributed by atoms with Gasteiger partial charge in [-0.1, -0.05) is 68.3 Å². The molecule has 34 heavy (non-hydrogen) atoms. The first kappa shape index (κ1) is 23.8. The molecule has 9 heteroatoms. The average Bonchev–Trinajstić information content (AvgIpc) is 3.12. The maximum Gasteiger partial charge on any atom is 0.622 e. The van der Waals surface area contributed by atoms with E-state index in [4.69, 9.17) is 14.0 Å². The second kappa shape index (κ2) is 10.7. The second-order valence-corrected chi connectivity index (χ2v) is 8.74. The summed E-state index contributed by atoms with van der Waals surface area (Å²) in [5.41, 5.74) is 4.52. The smallest absolute Gasteiger partial charge is 0.497 e. The lowest BCUT2D eigenvalue weighted by Crippen LogP contribution is -2.54. The van der Waals surface area contributed by atoms with E-state index in [1.165, 1.54) is 4.90 Å². The van der Waals surface area contributed by atoms with Crippen molar-refractivity contribution in [3.05, 3.63) is 59.7 Å². The third-order valence-corrected chi connectivity index (χ3v) is 6.14. The van der Waals surface area contributed by atoms with Crippen LogP contribution < -0.4 is 5.32 Å². The number of rotatable bonds is 7. The Morgan fingerprint density at radius 3 is 2.18 bits per heavy atom. The fourth-order valence-corrected chi connectivity index (χ4v) is 4.51. The molecule has 1 aliphatic carbocycles. The fraction of sp³-hybridized carbons (Fsp3) is 0.400. The van der Waals surface area contributed by atoms with Gasteiger partial charge in [0.1, 0.15) is 6.61 Å². The van der Waals surface area contributed by atoms with Gasteiger partial charge in [-0.2, -0.15) is 0 Å². The zero-order valence-electron chi connectivity index (χ0n) is 19.5. The molecule has 8 nitrogen and oxygen atoms in total. The Balaban J connectivity index is 1.43. The van der Waals surface area contributed by atoms with Crippen molar-refractivity contribution >= 4 is 25.2 Å². The lowest BCUT2D eigenvalue weighted by molar-refractivity contribution is -0.146. The van der Waals surface area contributed by atoms with Gasteiger partial charge in [0.15, 0.2) is 0 Å². The van der Waals surface area contributed by atoms with Crippen LogP contribution in [0.25, 0.3) is 11.1 Å². The van der Waals surface area contributed by atoms with Crippen LogP contribution in [0.5, 0.6) is 0 Å². The van der Waals surface area contributed by atoms with Gasteiger partial charge in [-0.15, -0.1) is 0 Å². The number of likely N-dealkylation sites (N-methyl/N-ethyl adjacent to an activating group) is 1. The van der Waals surface area contributed by atoms with E-state index in [1.807, 2.05) is 31.2 Å². The first-order valence-electron chi connectivity index (χ1n) is 11.6. The molecule has 178 valence electrons. The van der Waals surface area contributed by atoms with Crippen molar-refractivity contribution in [1.82, 2.24) is 10.2 Å². The van der Waals surface area contributed by atoms with Gasteiger partial charge in [0.25, 0.3) is 0 Å². The predicted octanol–water partition coefficient (Wildman–Crippen LogP) is 3.14. The molecule has 0 saturated carbocycles. The molecule has 0 aromatic heterocycles. The van der Waals surface area contributed by atoms with Gasteiger partial charge in [-0.25, -0.2) is 4.79 Å². The monoisotopic (exact) mass is 464 g/mol. The molecule has 1 unspecified atom stereocenters. The van der Waals surface area contributed by atoms with Gasteiger partial charge < -0.3 is 19.4 Å². The van der Waals surface area contributed by atoms with E-state index < -0.39 is 31.1 Å². The summed E-state index contributed by atoms with van der Waals surface area (Å²) >= 11 is 0. The SMILES string of the molecule is CCCCC(NC(=O)OCC1c2ccccc2-c2ccccc21)B1OC(=O)CN(C)CC(=O)O1. The summed E-state index contributed by atoms with van der Waals surface area (Å²) < 4.78 is 16.4. The van der Waals surface area contributed by atoms with E-state index in [9.17, 15) is 14.4 Å². The lowest BCUT2D eigenvalue weighted by Gasteiger charge is -2.27. The second-order valence-electron chi connectivity index (χ2n) is 8.74. The van der Waals surface area contributed by atoms with E-state index in [1.54, 1.807) is 7.05 Å². The number of hydrogen-bond acceptors (Lipinski definition) is 7. The van der Waals surface area contributed by atoms with Crippen molar-refractivity contribution in [2.75, 3.05) is 26.7 Å². The molecule has 1 saturated heterocycles. The molecular formula is C25H29BN2O6. The Kier molecular flexibility index (Phi) is 7.52. The minimum Gasteiger partial charge on any atom is -0.497 e. The Bertz CT molecular complexity index is 996. The number of benzene rings is 2. The summed E-state index contributed by atoms with van der Waals surface area (Å²) in [6, 6.07) is 16.2. The molecule has 1 N–H and O–H groups in total. The third kappa shape index (κ3) is 5.42. The van der Waals surface area contributed by atoms with Crippen LogP contribution in [-0.4, -0.2) is 62.7 Å². The molecule has 2 aromatic rings. The number of unbranched alkanes of at least 4 members (excludes halogenated alkanes) is 1. The molecule has 4 rings (SSSR count). The van der Waals surface area contributed by atoms with E-state index in [0.29, 0.717) is 6.42 Å². The molecule has 1 fully saturated rings. The highest BCUT2D eigenvalue weighted by molar-refractivity contribution is 6.51. The zero-order chi connectivity index (χ0) is 24.1. The predicted molar refractivity (Wildman–Crippen MR) is 127 cm³/mol. The summed E-state index contributed by atoms with van der Waals surface area (Å²) in [5.74, 6) is -1.81. The standard InChI is InChI=1S/C25H29BN2O6/c1-3-4-13-22(26-33-23(29)14-28(2)15-24(30)34-26)27-25(31)32-16-21-19-11-7-5-9-17(19)18-10-6-8-12-20(18)21/h5-12,21-22H,3-4,13-16H2,1-2H3,(H,27,31). The van der Waals surface area contributed by atoms with Gasteiger partial charge >= 0.3 is 25.2 Å². The molecule has 1 aliphatic heterocycles. The van der Waals surface area contributed by atoms with Gasteiger partial charge in [0.2, 0.25) is 0 Å². The number of nitrogens with one attached hydrogen (secondary N) is 1. The van der Waals surface area contributed by atoms with E-state index >= 15 is 0 Å². The Labute approximate surface area is 199 Å². The van der Waals surface area contributed by atoms with Crippen molar-refractivity contribution in [2.45, 2.75) is 38.0 Å². The number of alkyl carbamates (subject to hydrolysis) is 1. The maximum absolute atomic E-state index is 12.8. The Morgan fingerprint density at radius 1 is 1.06 bits per heavy atom. The first-order valence-corrected chi connectivity index (χ1v) is 11.6. The number of hydrogen-bond donors (Lipinski definition) is 1. The van der Waals surface area contributed by atoms with Crippen LogP contribution in [0.3, 0.4) is 0 Å². The number of fused-ring (bicyclic) bond motifs is 3. The topological polar surface area (TPSA) is 94.2 Å². The molecule has 1 heterocycles. The van der Waals surface area contributed by atoms with Crippen LogP contribution >= 0.6 is 0 Å². The van der Waals surface area contributed by atoms with Crippen molar-refractivity contribution in [2.24, 2.45) is 0 Å². The van der Waals surface area contributed by atoms with Gasteiger partial charge in [0, 0.05) is 5.92 Å². The van der Waals surface area contributed by atoms with Crippen molar-refractivity contribution in [1.29, 1.82) is 0 Å². The summed E-state index contributed by atoms with van der Waals surface area (Å²) in [5, 5.41) is 2.76. The quantitative estimate of drug-likeness (QED) is 0.630. The zero-order valence-corrected chi connectivity index (χ0v) is 19.5. The van der Waals surface area contributed by atoms with Crippen molar-refractivity contribution in [3.63, 3.8) is 0 Å². The van der Waals surface area contributed by atoms with Crippen LogP contribution in [0.15, 0.2) is 48.5 Å². The average molecular weight is 464 g/mol. The highest BCUT2D eigenvalue weighted by Crippen LogP contribution is 2.44. The van der Waals surface area contributed by atoms with Crippen LogP contribution in [0, 0.1) is 0 Å². The van der Waals surface area contributed by atoms with E-state index in [2.05, 4.69) is 29.6 Å². The van der Waals surface area contributed by atoms with Crippen LogP contribution in [0.4, 0.5) is 4.79 Å². The third-order valence-electron chi connectivity index (χ3n) is 6.14. The maximum atomic E-state index is 12.8. The first-order chi connectivity index (χ1) is 16.5. The fourth-order valence-electron chi connectivity index (χ4n) is 4.51. The van der Waals surface area contributed by atoms with Gasteiger partial charge in [-0.05, 0) is 35.7 Å². The largest absolute Gasteiger partial charge is 0.622 e. The summed E-state index contributed by atoms with van der Waals surface area (Å²) in [6.45, 7) is 2.11. The van der Waals surface area contributed by atoms with Gasteiger partial charge in [-0.3, -0.25) is 14.5 Å². The molecule has 0 spiro atoms. The Morgan fingerprint density at radius 2 is 1.62 bits per heavy atom. The van der Waals surface area contributed by atoms with Gasteiger partial charge in [0.05, 0.1) is 19.0 Å². The number of ether oxygens (including phenoxy) is 1. The molecule has 0 radical (unpaired) electrons. The summed E-state index contributed by atoms with van der Waals surface area (Å²) in [6.07, 6.45) is 1.44. The van der Waals surface area contributed by atoms with Crippen molar-refractivity contribution in [3.8, 4) is 11.1 Å². The summed E-state index contributed by atoms with van der Waals surface area (Å²) in [7, 11) is 0.438. The number of carbonyl (C=O) groups is 3. The molecule has 2 aromatic carbocycles. The van der Waals surface area contributed by atoms with Crippen LogP contribution in [-0.2, 0) is 23.6 Å². The highest BCUT2D eigenvalue weighted by Gasteiger charge is 2.41.